The third-order valence-electron chi connectivity index (χ3n) is 3.06. The van der Waals surface area contributed by atoms with E-state index in [2.05, 4.69) is 16.7 Å². The van der Waals surface area contributed by atoms with E-state index in [1.165, 1.54) is 19.5 Å². The van der Waals surface area contributed by atoms with Crippen LogP contribution in [0.3, 0.4) is 0 Å². The number of ether oxygens (including phenoxy) is 1. The molecule has 1 saturated heterocycles. The zero-order valence-electron chi connectivity index (χ0n) is 9.91. The molecule has 90 valence electrons. The number of halogens is 1. The van der Waals surface area contributed by atoms with Gasteiger partial charge in [0.1, 0.15) is 0 Å². The molecule has 4 heteroatoms. The SMILES string of the molecule is COCC(C)N1CCCN(CCCl)CC1. The van der Waals surface area contributed by atoms with Crippen LogP contribution in [0.5, 0.6) is 0 Å². The molecule has 1 heterocycles. The predicted octanol–water partition coefficient (Wildman–Crippen LogP) is 1.27. The fraction of sp³-hybridized carbons (Fsp3) is 1.00. The largest absolute Gasteiger partial charge is 0.383 e. The summed E-state index contributed by atoms with van der Waals surface area (Å²) in [5.74, 6) is 0.744. The Labute approximate surface area is 98.3 Å². The van der Waals surface area contributed by atoms with E-state index in [0.29, 0.717) is 6.04 Å². The molecule has 0 aromatic carbocycles. The van der Waals surface area contributed by atoms with Crippen molar-refractivity contribution in [3.63, 3.8) is 0 Å². The second-order valence-electron chi connectivity index (χ2n) is 4.22. The summed E-state index contributed by atoms with van der Waals surface area (Å²) in [6.07, 6.45) is 1.24. The van der Waals surface area contributed by atoms with Crippen LogP contribution < -0.4 is 0 Å². The maximum Gasteiger partial charge on any atom is 0.0615 e. The van der Waals surface area contributed by atoms with E-state index in [1.54, 1.807) is 7.11 Å². The minimum atomic E-state index is 0.533. The highest BCUT2D eigenvalue weighted by atomic mass is 35.5. The third kappa shape index (κ3) is 4.68. The molecule has 0 aromatic rings. The average Bonchev–Trinajstić information content (AvgIpc) is 2.44. The van der Waals surface area contributed by atoms with Crippen LogP contribution in [0.25, 0.3) is 0 Å². The number of alkyl halides is 1. The molecule has 3 nitrogen and oxygen atoms in total. The maximum atomic E-state index is 5.76. The van der Waals surface area contributed by atoms with Crippen molar-refractivity contribution in [3.05, 3.63) is 0 Å². The van der Waals surface area contributed by atoms with Crippen LogP contribution in [0.2, 0.25) is 0 Å². The summed E-state index contributed by atoms with van der Waals surface area (Å²) in [6, 6.07) is 0.533. The quantitative estimate of drug-likeness (QED) is 0.667. The smallest absolute Gasteiger partial charge is 0.0615 e. The summed E-state index contributed by atoms with van der Waals surface area (Å²) in [6.45, 7) is 8.73. The lowest BCUT2D eigenvalue weighted by molar-refractivity contribution is 0.101. The molecule has 1 fully saturated rings. The summed E-state index contributed by atoms with van der Waals surface area (Å²) in [5.41, 5.74) is 0. The molecule has 0 bridgehead atoms. The molecule has 0 aromatic heterocycles. The molecule has 1 rings (SSSR count). The molecule has 0 spiro atoms. The molecular weight excluding hydrogens is 212 g/mol. The maximum absolute atomic E-state index is 5.76. The zero-order chi connectivity index (χ0) is 11.1. The standard InChI is InChI=1S/C11H23ClN2O/c1-11(10-15-2)14-6-3-5-13(7-4-12)8-9-14/h11H,3-10H2,1-2H3. The molecule has 1 aliphatic heterocycles. The number of hydrogen-bond acceptors (Lipinski definition) is 3. The van der Waals surface area contributed by atoms with Crippen molar-refractivity contribution in [1.82, 2.24) is 9.80 Å². The summed E-state index contributed by atoms with van der Waals surface area (Å²) in [5, 5.41) is 0. The topological polar surface area (TPSA) is 15.7 Å². The number of rotatable bonds is 5. The van der Waals surface area contributed by atoms with Crippen LogP contribution in [0.15, 0.2) is 0 Å². The van der Waals surface area contributed by atoms with Crippen molar-refractivity contribution in [2.45, 2.75) is 19.4 Å². The van der Waals surface area contributed by atoms with Gasteiger partial charge in [-0.15, -0.1) is 11.6 Å². The summed E-state index contributed by atoms with van der Waals surface area (Å²) in [7, 11) is 1.77. The van der Waals surface area contributed by atoms with Crippen molar-refractivity contribution in [3.8, 4) is 0 Å². The molecule has 0 radical (unpaired) electrons. The van der Waals surface area contributed by atoms with Crippen molar-refractivity contribution in [2.24, 2.45) is 0 Å². The number of nitrogens with zero attached hydrogens (tertiary/aromatic N) is 2. The lowest BCUT2D eigenvalue weighted by Gasteiger charge is -2.27. The van der Waals surface area contributed by atoms with Crippen LogP contribution in [-0.4, -0.2) is 68.2 Å². The van der Waals surface area contributed by atoms with Crippen molar-refractivity contribution in [1.29, 1.82) is 0 Å². The minimum absolute atomic E-state index is 0.533. The Morgan fingerprint density at radius 1 is 1.27 bits per heavy atom. The van der Waals surface area contributed by atoms with Gasteiger partial charge in [-0.3, -0.25) is 4.90 Å². The van der Waals surface area contributed by atoms with Gasteiger partial charge in [-0.25, -0.2) is 0 Å². The van der Waals surface area contributed by atoms with Crippen LogP contribution in [0, 0.1) is 0 Å². The molecule has 0 aliphatic carbocycles. The Balaban J connectivity index is 2.31. The summed E-state index contributed by atoms with van der Waals surface area (Å²) < 4.78 is 5.20. The van der Waals surface area contributed by atoms with Gasteiger partial charge in [0.25, 0.3) is 0 Å². The monoisotopic (exact) mass is 234 g/mol. The van der Waals surface area contributed by atoms with E-state index in [4.69, 9.17) is 16.3 Å². The normalized spacial score (nSPS) is 22.6. The molecule has 0 saturated carbocycles. The first-order valence-electron chi connectivity index (χ1n) is 5.79. The van der Waals surface area contributed by atoms with Crippen LogP contribution in [-0.2, 0) is 4.74 Å². The van der Waals surface area contributed by atoms with Gasteiger partial charge in [0.05, 0.1) is 6.61 Å². The van der Waals surface area contributed by atoms with Gasteiger partial charge in [-0.05, 0) is 26.4 Å². The number of methoxy groups -OCH3 is 1. The van der Waals surface area contributed by atoms with Gasteiger partial charge in [-0.2, -0.15) is 0 Å². The Kier molecular flexibility index (Phi) is 6.57. The molecular formula is C11H23ClN2O. The highest BCUT2D eigenvalue weighted by molar-refractivity contribution is 6.18. The van der Waals surface area contributed by atoms with E-state index >= 15 is 0 Å². The van der Waals surface area contributed by atoms with E-state index in [-0.39, 0.29) is 0 Å². The first-order chi connectivity index (χ1) is 7.27. The van der Waals surface area contributed by atoms with Gasteiger partial charge < -0.3 is 9.64 Å². The first-order valence-corrected chi connectivity index (χ1v) is 6.32. The summed E-state index contributed by atoms with van der Waals surface area (Å²) >= 11 is 5.76. The molecule has 0 amide bonds. The minimum Gasteiger partial charge on any atom is -0.383 e. The van der Waals surface area contributed by atoms with E-state index in [0.717, 1.165) is 32.1 Å². The van der Waals surface area contributed by atoms with E-state index in [1.807, 2.05) is 0 Å². The van der Waals surface area contributed by atoms with Crippen molar-refractivity contribution < 1.29 is 4.74 Å². The van der Waals surface area contributed by atoms with Gasteiger partial charge in [0.2, 0.25) is 0 Å². The fourth-order valence-electron chi connectivity index (χ4n) is 2.12. The second kappa shape index (κ2) is 7.44. The second-order valence-corrected chi connectivity index (χ2v) is 4.60. The van der Waals surface area contributed by atoms with E-state index < -0.39 is 0 Å². The molecule has 1 aliphatic rings. The van der Waals surface area contributed by atoms with Crippen molar-refractivity contribution >= 4 is 11.6 Å². The Bertz CT molecular complexity index is 169. The Morgan fingerprint density at radius 3 is 2.73 bits per heavy atom. The third-order valence-corrected chi connectivity index (χ3v) is 3.22. The van der Waals surface area contributed by atoms with Gasteiger partial charge in [0.15, 0.2) is 0 Å². The molecule has 15 heavy (non-hydrogen) atoms. The van der Waals surface area contributed by atoms with E-state index in [9.17, 15) is 0 Å². The summed E-state index contributed by atoms with van der Waals surface area (Å²) in [4.78, 5) is 4.96. The van der Waals surface area contributed by atoms with Crippen LogP contribution in [0.4, 0.5) is 0 Å². The molecule has 0 N–H and O–H groups in total. The Hall–Kier alpha value is 0.170. The first kappa shape index (κ1) is 13.2. The predicted molar refractivity (Wildman–Crippen MR) is 64.7 cm³/mol. The fourth-order valence-corrected chi connectivity index (χ4v) is 2.36. The lowest BCUT2D eigenvalue weighted by atomic mass is 10.3. The zero-order valence-corrected chi connectivity index (χ0v) is 10.7. The highest BCUT2D eigenvalue weighted by Crippen LogP contribution is 2.07. The lowest BCUT2D eigenvalue weighted by Crippen LogP contribution is -2.39. The van der Waals surface area contributed by atoms with Gasteiger partial charge in [0, 0.05) is 38.7 Å². The average molecular weight is 235 g/mol. The van der Waals surface area contributed by atoms with Gasteiger partial charge >= 0.3 is 0 Å². The Morgan fingerprint density at radius 2 is 2.07 bits per heavy atom. The van der Waals surface area contributed by atoms with Crippen LogP contribution in [0.1, 0.15) is 13.3 Å². The number of hydrogen-bond donors (Lipinski definition) is 0. The highest BCUT2D eigenvalue weighted by Gasteiger charge is 2.18. The molecule has 1 atom stereocenters. The van der Waals surface area contributed by atoms with Crippen LogP contribution >= 0.6 is 11.6 Å². The molecule has 1 unspecified atom stereocenters. The van der Waals surface area contributed by atoms with Crippen molar-refractivity contribution in [2.75, 3.05) is 52.3 Å². The van der Waals surface area contributed by atoms with Gasteiger partial charge in [-0.1, -0.05) is 0 Å².